The lowest BCUT2D eigenvalue weighted by Crippen LogP contribution is -2.16. The van der Waals surface area contributed by atoms with Gasteiger partial charge in [-0.05, 0) is 18.2 Å². The summed E-state index contributed by atoms with van der Waals surface area (Å²) >= 11 is 3.13. The number of hydrogen-bond donors (Lipinski definition) is 1. The Morgan fingerprint density at radius 3 is 2.69 bits per heavy atom. The van der Waals surface area contributed by atoms with Crippen LogP contribution in [0.2, 0.25) is 0 Å². The molecule has 0 bridgehead atoms. The molecule has 0 saturated carbocycles. The number of hydrogen-bond acceptors (Lipinski definition) is 2. The topological polar surface area (TPSA) is 54.4 Å². The molecule has 0 heterocycles. The van der Waals surface area contributed by atoms with Gasteiger partial charge in [0.25, 0.3) is 0 Å². The molecule has 3 nitrogen and oxygen atoms in total. The van der Waals surface area contributed by atoms with Crippen LogP contribution in [0.1, 0.15) is 23.7 Å². The summed E-state index contributed by atoms with van der Waals surface area (Å²) in [4.78, 5) is 22.3. The van der Waals surface area contributed by atoms with Crippen LogP contribution in [-0.2, 0) is 4.79 Å². The second kappa shape index (κ2) is 5.21. The van der Waals surface area contributed by atoms with Gasteiger partial charge in [0.05, 0.1) is 6.42 Å². The van der Waals surface area contributed by atoms with E-state index in [4.69, 9.17) is 5.11 Å². The fraction of sp³-hybridized carbons (Fsp3) is 0.273. The van der Waals surface area contributed by atoms with E-state index >= 15 is 0 Å². The Labute approximate surface area is 100 Å². The standard InChI is InChI=1S/C11H10BrFO3/c1-6(4-10(14)15)11(16)8-5-7(13)2-3-9(8)12/h2-3,5-6H,4H2,1H3,(H,14,15). The summed E-state index contributed by atoms with van der Waals surface area (Å²) in [6, 6.07) is 3.75. The molecule has 1 atom stereocenters. The van der Waals surface area contributed by atoms with Crippen LogP contribution in [-0.4, -0.2) is 16.9 Å². The Bertz CT molecular complexity index is 431. The first-order valence-corrected chi connectivity index (χ1v) is 5.42. The van der Waals surface area contributed by atoms with Gasteiger partial charge in [0, 0.05) is 16.0 Å². The average molecular weight is 289 g/mol. The molecule has 0 radical (unpaired) electrons. The van der Waals surface area contributed by atoms with Crippen LogP contribution in [0.25, 0.3) is 0 Å². The maximum absolute atomic E-state index is 12.9. The minimum atomic E-state index is -1.05. The maximum atomic E-state index is 12.9. The number of carbonyl (C=O) groups excluding carboxylic acids is 1. The Kier molecular flexibility index (Phi) is 4.18. The van der Waals surface area contributed by atoms with Crippen molar-refractivity contribution in [3.05, 3.63) is 34.1 Å². The van der Waals surface area contributed by atoms with E-state index in [-0.39, 0.29) is 17.8 Å². The molecule has 0 aromatic heterocycles. The van der Waals surface area contributed by atoms with Gasteiger partial charge in [0.2, 0.25) is 0 Å². The molecule has 16 heavy (non-hydrogen) atoms. The molecule has 0 aliphatic heterocycles. The molecule has 1 rings (SSSR count). The van der Waals surface area contributed by atoms with E-state index in [2.05, 4.69) is 15.9 Å². The summed E-state index contributed by atoms with van der Waals surface area (Å²) in [6.07, 6.45) is -0.262. The lowest BCUT2D eigenvalue weighted by Gasteiger charge is -2.09. The van der Waals surface area contributed by atoms with E-state index < -0.39 is 17.7 Å². The number of carboxylic acid groups (broad SMARTS) is 1. The van der Waals surface area contributed by atoms with Crippen LogP contribution in [0, 0.1) is 11.7 Å². The predicted molar refractivity (Wildman–Crippen MR) is 59.8 cm³/mol. The first-order chi connectivity index (χ1) is 7.41. The summed E-state index contributed by atoms with van der Waals surface area (Å²) in [5.41, 5.74) is 0.175. The van der Waals surface area contributed by atoms with Crippen molar-refractivity contribution in [2.45, 2.75) is 13.3 Å². The number of benzene rings is 1. The molecule has 0 aliphatic carbocycles. The third-order valence-corrected chi connectivity index (χ3v) is 2.81. The zero-order valence-electron chi connectivity index (χ0n) is 8.54. The fourth-order valence-corrected chi connectivity index (χ4v) is 1.75. The average Bonchev–Trinajstić information content (AvgIpc) is 2.19. The zero-order valence-corrected chi connectivity index (χ0v) is 10.1. The summed E-state index contributed by atoms with van der Waals surface area (Å²) in [6.45, 7) is 1.51. The second-order valence-electron chi connectivity index (χ2n) is 3.49. The van der Waals surface area contributed by atoms with Gasteiger partial charge < -0.3 is 5.11 Å². The zero-order chi connectivity index (χ0) is 12.3. The summed E-state index contributed by atoms with van der Waals surface area (Å²) in [5, 5.41) is 8.57. The van der Waals surface area contributed by atoms with E-state index in [1.165, 1.54) is 19.1 Å². The second-order valence-corrected chi connectivity index (χ2v) is 4.34. The van der Waals surface area contributed by atoms with Gasteiger partial charge in [-0.2, -0.15) is 0 Å². The van der Waals surface area contributed by atoms with Gasteiger partial charge in [-0.1, -0.05) is 22.9 Å². The van der Waals surface area contributed by atoms with Crippen molar-refractivity contribution in [3.8, 4) is 0 Å². The van der Waals surface area contributed by atoms with Crippen molar-refractivity contribution < 1.29 is 19.1 Å². The number of halogens is 2. The van der Waals surface area contributed by atoms with Gasteiger partial charge >= 0.3 is 5.97 Å². The summed E-state index contributed by atoms with van der Waals surface area (Å²) < 4.78 is 13.4. The predicted octanol–water partition coefficient (Wildman–Crippen LogP) is 2.88. The normalized spacial score (nSPS) is 12.2. The van der Waals surface area contributed by atoms with Crippen LogP contribution in [0.5, 0.6) is 0 Å². The molecule has 5 heteroatoms. The number of Topliss-reactive ketones (excluding diaryl/α,β-unsaturated/α-hetero) is 1. The molecule has 1 N–H and O–H groups in total. The largest absolute Gasteiger partial charge is 0.481 e. The van der Waals surface area contributed by atoms with Gasteiger partial charge in [0.1, 0.15) is 5.82 Å². The van der Waals surface area contributed by atoms with Gasteiger partial charge in [-0.3, -0.25) is 9.59 Å². The molecule has 0 spiro atoms. The molecule has 1 unspecified atom stereocenters. The van der Waals surface area contributed by atoms with Crippen LogP contribution < -0.4 is 0 Å². The van der Waals surface area contributed by atoms with Crippen LogP contribution in [0.4, 0.5) is 4.39 Å². The molecule has 1 aromatic rings. The molecule has 0 aliphatic rings. The van der Waals surface area contributed by atoms with Crippen molar-refractivity contribution >= 4 is 27.7 Å². The molecule has 0 fully saturated rings. The van der Waals surface area contributed by atoms with Crippen LogP contribution >= 0.6 is 15.9 Å². The molecular weight excluding hydrogens is 279 g/mol. The lowest BCUT2D eigenvalue weighted by molar-refractivity contribution is -0.137. The first-order valence-electron chi connectivity index (χ1n) is 4.63. The Hall–Kier alpha value is -1.23. The summed E-state index contributed by atoms with van der Waals surface area (Å²) in [7, 11) is 0. The Morgan fingerprint density at radius 1 is 1.50 bits per heavy atom. The molecule has 0 saturated heterocycles. The highest BCUT2D eigenvalue weighted by molar-refractivity contribution is 9.10. The lowest BCUT2D eigenvalue weighted by atomic mass is 9.96. The highest BCUT2D eigenvalue weighted by atomic mass is 79.9. The molecule has 86 valence electrons. The minimum Gasteiger partial charge on any atom is -0.481 e. The first kappa shape index (κ1) is 12.8. The number of carbonyl (C=O) groups is 2. The van der Waals surface area contributed by atoms with Gasteiger partial charge in [0.15, 0.2) is 5.78 Å². The number of carboxylic acids is 1. The highest BCUT2D eigenvalue weighted by Crippen LogP contribution is 2.22. The van der Waals surface area contributed by atoms with E-state index in [1.807, 2.05) is 0 Å². The summed E-state index contributed by atoms with van der Waals surface area (Å²) in [5.74, 6) is -2.62. The Balaban J connectivity index is 2.95. The van der Waals surface area contributed by atoms with Gasteiger partial charge in [-0.15, -0.1) is 0 Å². The SMILES string of the molecule is CC(CC(=O)O)C(=O)c1cc(F)ccc1Br. The molecular formula is C11H10BrFO3. The van der Waals surface area contributed by atoms with Crippen molar-refractivity contribution in [1.82, 2.24) is 0 Å². The quantitative estimate of drug-likeness (QED) is 0.867. The number of ketones is 1. The van der Waals surface area contributed by atoms with E-state index in [0.717, 1.165) is 6.07 Å². The van der Waals surface area contributed by atoms with E-state index in [9.17, 15) is 14.0 Å². The van der Waals surface area contributed by atoms with Crippen molar-refractivity contribution in [3.63, 3.8) is 0 Å². The van der Waals surface area contributed by atoms with Crippen LogP contribution in [0.15, 0.2) is 22.7 Å². The van der Waals surface area contributed by atoms with E-state index in [1.54, 1.807) is 0 Å². The van der Waals surface area contributed by atoms with E-state index in [0.29, 0.717) is 4.47 Å². The van der Waals surface area contributed by atoms with Crippen LogP contribution in [0.3, 0.4) is 0 Å². The number of aliphatic carboxylic acids is 1. The third kappa shape index (κ3) is 3.13. The monoisotopic (exact) mass is 288 g/mol. The Morgan fingerprint density at radius 2 is 2.12 bits per heavy atom. The third-order valence-electron chi connectivity index (χ3n) is 2.12. The van der Waals surface area contributed by atoms with Crippen molar-refractivity contribution in [1.29, 1.82) is 0 Å². The van der Waals surface area contributed by atoms with Gasteiger partial charge in [-0.25, -0.2) is 4.39 Å². The number of rotatable bonds is 4. The fourth-order valence-electron chi connectivity index (χ4n) is 1.31. The molecule has 0 amide bonds. The minimum absolute atomic E-state index is 0.175. The smallest absolute Gasteiger partial charge is 0.304 e. The maximum Gasteiger partial charge on any atom is 0.304 e. The van der Waals surface area contributed by atoms with Crippen molar-refractivity contribution in [2.75, 3.05) is 0 Å². The highest BCUT2D eigenvalue weighted by Gasteiger charge is 2.20. The van der Waals surface area contributed by atoms with Crippen molar-refractivity contribution in [2.24, 2.45) is 5.92 Å². The molecule has 1 aromatic carbocycles.